The molecular formula is C14H24N2O4. The zero-order valence-electron chi connectivity index (χ0n) is 12.2. The standard InChI is InChI=1S/C14H24N2O4/c1-3-11-6-4-5-7-16(11)14(20)15-12(17)8-10(2)9-13(18)19/h10-11H,3-9H2,1-2H3,(H,18,19)(H,15,17,20). The van der Waals surface area contributed by atoms with E-state index >= 15 is 0 Å². The first-order valence-electron chi connectivity index (χ1n) is 7.26. The summed E-state index contributed by atoms with van der Waals surface area (Å²) >= 11 is 0. The van der Waals surface area contributed by atoms with Gasteiger partial charge in [0.15, 0.2) is 0 Å². The molecule has 6 heteroatoms. The maximum atomic E-state index is 12.1. The molecular weight excluding hydrogens is 260 g/mol. The zero-order valence-corrected chi connectivity index (χ0v) is 12.2. The molecule has 2 unspecified atom stereocenters. The Labute approximate surface area is 119 Å². The predicted octanol–water partition coefficient (Wildman–Crippen LogP) is 1.99. The Hall–Kier alpha value is -1.59. The predicted molar refractivity (Wildman–Crippen MR) is 74.2 cm³/mol. The number of piperidine rings is 1. The highest BCUT2D eigenvalue weighted by molar-refractivity contribution is 5.94. The Morgan fingerprint density at radius 1 is 1.30 bits per heavy atom. The van der Waals surface area contributed by atoms with E-state index in [0.717, 1.165) is 25.7 Å². The lowest BCUT2D eigenvalue weighted by Gasteiger charge is -2.35. The second-order valence-corrected chi connectivity index (χ2v) is 5.51. The summed E-state index contributed by atoms with van der Waals surface area (Å²) in [5.41, 5.74) is 0. The first-order valence-corrected chi connectivity index (χ1v) is 7.26. The Bertz CT molecular complexity index is 370. The van der Waals surface area contributed by atoms with Crippen molar-refractivity contribution in [2.75, 3.05) is 6.54 Å². The van der Waals surface area contributed by atoms with Crippen LogP contribution in [0.3, 0.4) is 0 Å². The number of imide groups is 1. The molecule has 2 N–H and O–H groups in total. The molecule has 0 aromatic carbocycles. The molecule has 0 saturated carbocycles. The highest BCUT2D eigenvalue weighted by Gasteiger charge is 2.26. The first-order chi connectivity index (χ1) is 9.43. The van der Waals surface area contributed by atoms with E-state index in [1.807, 2.05) is 6.92 Å². The summed E-state index contributed by atoms with van der Waals surface area (Å²) in [7, 11) is 0. The Morgan fingerprint density at radius 3 is 2.60 bits per heavy atom. The van der Waals surface area contributed by atoms with Gasteiger partial charge in [-0.25, -0.2) is 4.79 Å². The fourth-order valence-electron chi connectivity index (χ4n) is 2.62. The molecule has 1 fully saturated rings. The number of carbonyl (C=O) groups is 3. The summed E-state index contributed by atoms with van der Waals surface area (Å²) in [4.78, 5) is 36.1. The molecule has 0 aromatic rings. The Kier molecular flexibility index (Phi) is 6.48. The summed E-state index contributed by atoms with van der Waals surface area (Å²) in [6.07, 6.45) is 3.94. The van der Waals surface area contributed by atoms with Crippen LogP contribution >= 0.6 is 0 Å². The number of nitrogens with zero attached hydrogens (tertiary/aromatic N) is 1. The van der Waals surface area contributed by atoms with Crippen LogP contribution in [0.5, 0.6) is 0 Å². The SMILES string of the molecule is CCC1CCCCN1C(=O)NC(=O)CC(C)CC(=O)O. The van der Waals surface area contributed by atoms with Gasteiger partial charge in [-0.2, -0.15) is 0 Å². The fraction of sp³-hybridized carbons (Fsp3) is 0.786. The molecule has 114 valence electrons. The van der Waals surface area contributed by atoms with Crippen LogP contribution in [0.25, 0.3) is 0 Å². The van der Waals surface area contributed by atoms with E-state index in [0.29, 0.717) is 6.54 Å². The third-order valence-corrected chi connectivity index (χ3v) is 3.66. The second-order valence-electron chi connectivity index (χ2n) is 5.51. The molecule has 0 spiro atoms. The highest BCUT2D eigenvalue weighted by Crippen LogP contribution is 2.19. The van der Waals surface area contributed by atoms with Crippen LogP contribution < -0.4 is 5.32 Å². The van der Waals surface area contributed by atoms with Crippen molar-refractivity contribution in [3.05, 3.63) is 0 Å². The molecule has 1 rings (SSSR count). The third-order valence-electron chi connectivity index (χ3n) is 3.66. The second kappa shape index (κ2) is 7.87. The van der Waals surface area contributed by atoms with Crippen molar-refractivity contribution in [2.24, 2.45) is 5.92 Å². The normalized spacial score (nSPS) is 20.3. The van der Waals surface area contributed by atoms with E-state index in [-0.39, 0.29) is 30.8 Å². The molecule has 0 aliphatic carbocycles. The van der Waals surface area contributed by atoms with Crippen molar-refractivity contribution in [2.45, 2.75) is 58.4 Å². The van der Waals surface area contributed by atoms with Gasteiger partial charge in [0.1, 0.15) is 0 Å². The van der Waals surface area contributed by atoms with Gasteiger partial charge < -0.3 is 10.0 Å². The molecule has 20 heavy (non-hydrogen) atoms. The summed E-state index contributed by atoms with van der Waals surface area (Å²) in [5, 5.41) is 11.0. The van der Waals surface area contributed by atoms with Crippen LogP contribution in [0.2, 0.25) is 0 Å². The largest absolute Gasteiger partial charge is 0.481 e. The molecule has 1 aliphatic heterocycles. The molecule has 0 radical (unpaired) electrons. The van der Waals surface area contributed by atoms with Crippen LogP contribution in [0, 0.1) is 5.92 Å². The van der Waals surface area contributed by atoms with Crippen molar-refractivity contribution in [3.63, 3.8) is 0 Å². The van der Waals surface area contributed by atoms with E-state index in [2.05, 4.69) is 5.32 Å². The third kappa shape index (κ3) is 5.19. The number of hydrogen-bond acceptors (Lipinski definition) is 3. The van der Waals surface area contributed by atoms with Crippen LogP contribution in [0.1, 0.15) is 52.4 Å². The smallest absolute Gasteiger partial charge is 0.324 e. The van der Waals surface area contributed by atoms with Crippen LogP contribution in [-0.4, -0.2) is 40.5 Å². The van der Waals surface area contributed by atoms with Gasteiger partial charge in [0.05, 0.1) is 0 Å². The average molecular weight is 284 g/mol. The van der Waals surface area contributed by atoms with Crippen molar-refractivity contribution in [1.29, 1.82) is 0 Å². The van der Waals surface area contributed by atoms with Crippen LogP contribution in [-0.2, 0) is 9.59 Å². The number of rotatable bonds is 5. The van der Waals surface area contributed by atoms with E-state index in [1.54, 1.807) is 11.8 Å². The maximum Gasteiger partial charge on any atom is 0.324 e. The summed E-state index contributed by atoms with van der Waals surface area (Å²) in [5.74, 6) is -1.61. The lowest BCUT2D eigenvalue weighted by molar-refractivity contribution is -0.138. The quantitative estimate of drug-likeness (QED) is 0.808. The van der Waals surface area contributed by atoms with Crippen molar-refractivity contribution >= 4 is 17.9 Å². The summed E-state index contributed by atoms with van der Waals surface area (Å²) < 4.78 is 0. The summed E-state index contributed by atoms with van der Waals surface area (Å²) in [6.45, 7) is 4.41. The number of aliphatic carboxylic acids is 1. The molecule has 0 aromatic heterocycles. The van der Waals surface area contributed by atoms with Crippen molar-refractivity contribution in [3.8, 4) is 0 Å². The monoisotopic (exact) mass is 284 g/mol. The first kappa shape index (κ1) is 16.5. The number of amides is 3. The van der Waals surface area contributed by atoms with Crippen LogP contribution in [0.15, 0.2) is 0 Å². The minimum Gasteiger partial charge on any atom is -0.481 e. The van der Waals surface area contributed by atoms with Gasteiger partial charge in [0.2, 0.25) is 5.91 Å². The van der Waals surface area contributed by atoms with E-state index in [4.69, 9.17) is 5.11 Å². The number of carboxylic acid groups (broad SMARTS) is 1. The van der Waals surface area contributed by atoms with Gasteiger partial charge >= 0.3 is 12.0 Å². The van der Waals surface area contributed by atoms with E-state index in [9.17, 15) is 14.4 Å². The van der Waals surface area contributed by atoms with Crippen molar-refractivity contribution < 1.29 is 19.5 Å². The van der Waals surface area contributed by atoms with Gasteiger partial charge in [0.25, 0.3) is 0 Å². The maximum absolute atomic E-state index is 12.1. The highest BCUT2D eigenvalue weighted by atomic mass is 16.4. The zero-order chi connectivity index (χ0) is 15.1. The Balaban J connectivity index is 2.44. The molecule has 0 bridgehead atoms. The van der Waals surface area contributed by atoms with Gasteiger partial charge in [-0.05, 0) is 31.6 Å². The number of urea groups is 1. The average Bonchev–Trinajstić information content (AvgIpc) is 2.37. The number of hydrogen-bond donors (Lipinski definition) is 2. The topological polar surface area (TPSA) is 86.7 Å². The minimum absolute atomic E-state index is 0.0582. The Morgan fingerprint density at radius 2 is 2.00 bits per heavy atom. The molecule has 1 aliphatic rings. The number of carboxylic acids is 1. The fourth-order valence-corrected chi connectivity index (χ4v) is 2.62. The van der Waals surface area contributed by atoms with E-state index < -0.39 is 11.9 Å². The molecule has 6 nitrogen and oxygen atoms in total. The van der Waals surface area contributed by atoms with Crippen molar-refractivity contribution in [1.82, 2.24) is 10.2 Å². The van der Waals surface area contributed by atoms with Gasteiger partial charge in [-0.15, -0.1) is 0 Å². The number of likely N-dealkylation sites (tertiary alicyclic amines) is 1. The van der Waals surface area contributed by atoms with E-state index in [1.165, 1.54) is 0 Å². The minimum atomic E-state index is -0.932. The van der Waals surface area contributed by atoms with Gasteiger partial charge in [-0.3, -0.25) is 14.9 Å². The number of carbonyl (C=O) groups excluding carboxylic acids is 2. The molecule has 3 amide bonds. The van der Waals surface area contributed by atoms with Gasteiger partial charge in [0, 0.05) is 25.4 Å². The van der Waals surface area contributed by atoms with Gasteiger partial charge in [-0.1, -0.05) is 13.8 Å². The lowest BCUT2D eigenvalue weighted by atomic mass is 10.0. The summed E-state index contributed by atoms with van der Waals surface area (Å²) in [6, 6.07) is -0.142. The molecule has 1 heterocycles. The number of nitrogens with one attached hydrogen (secondary N) is 1. The van der Waals surface area contributed by atoms with Crippen LogP contribution in [0.4, 0.5) is 4.79 Å². The lowest BCUT2D eigenvalue weighted by Crippen LogP contribution is -2.50. The molecule has 2 atom stereocenters. The molecule has 1 saturated heterocycles.